The number of aromatic nitrogens is 14. The summed E-state index contributed by atoms with van der Waals surface area (Å²) in [6.07, 6.45) is 15.1. The van der Waals surface area contributed by atoms with Crippen LogP contribution in [0.15, 0.2) is 237 Å². The summed E-state index contributed by atoms with van der Waals surface area (Å²) in [6.45, 7) is 15.0. The van der Waals surface area contributed by atoms with E-state index < -0.39 is 35.8 Å². The third-order valence-electron chi connectivity index (χ3n) is 23.3. The Kier molecular flexibility index (Phi) is 43.0. The maximum atomic E-state index is 13.3. The fourth-order valence-corrected chi connectivity index (χ4v) is 16.0. The molecule has 0 bridgehead atoms. The second-order valence-corrected chi connectivity index (χ2v) is 36.0. The molecule has 0 saturated heterocycles. The Morgan fingerprint density at radius 1 is 0.396 bits per heavy atom. The second-order valence-electron chi connectivity index (χ2n) is 36.0. The minimum Gasteiger partial charge on any atom is -0.491 e. The number of benzene rings is 5. The van der Waals surface area contributed by atoms with Crippen LogP contribution < -0.4 is 30.0 Å². The Bertz CT molecular complexity index is 6960. The summed E-state index contributed by atoms with van der Waals surface area (Å²) >= 11 is 0. The molecule has 15 rings (SSSR count). The largest absolute Gasteiger partial charge is 0.491 e. The van der Waals surface area contributed by atoms with Crippen LogP contribution in [0.25, 0.3) is 0 Å². The third kappa shape index (κ3) is 36.3. The average Bonchev–Trinajstić information content (AvgIpc) is 1.66. The van der Waals surface area contributed by atoms with E-state index in [1.54, 1.807) is 118 Å². The average molecular weight is 2030 g/mol. The first-order valence-corrected chi connectivity index (χ1v) is 48.5. The van der Waals surface area contributed by atoms with Crippen molar-refractivity contribution in [3.8, 4) is 23.3 Å². The molecule has 0 aliphatic rings. The molecule has 34 nitrogen and oxygen atoms in total. The molecule has 0 saturated carbocycles. The molecular weight excluding hydrogens is 1910 g/mol. The number of imidazole rings is 2. The minimum atomic E-state index is -1.09. The standard InChI is InChI=1S/C24H26N2O5.C24H26N2O4.C22H26FN5O2.C22H22FN3O5.C21H24N4O2/c1-30-23-12-11-22(31-16-17-7-3-2-4-8-17)21(26-23)10-6-5-9-19-13-18(24(28)29)14-20(15-27)25-19;1-17-15-19(24(27)28)16-20(25-17)9-6-10-21-22(11-12-23(26-21)29-2)30-14-13-18-7-4-3-5-8-18;1-14-9-16(20(29)30)10-18(25-14)11-24-12-19-26-27-21(22(2,3)4)28(19)13-15-5-7-17(23)8-6-15;1-31-22(30)19-12-26(11-14-5-7-16(23)8-6-14)20(25-19)4-2-3-17-9-15(21(28)29)10-18(13-27)24-17;1-15-10-18(21(26)27)12-19(24-15)6-3-7-20-23-8-9-25(20)14-17-5-2-4-16(11-17)13-22/h2-4,7-8,11-14,27H,5-6,9-10,15-16H2,1H3,(H,28,29);3-5,7-8,11-12,15-16H,6,9-10,13-14H2,1-2H3,(H,27,28);5-10,24H,11-13H2,1-4H3,(H,29,30);5-10,12,27H,2-4,11,13H2,1H3,(H,28,29);2,4-5,8-12H,3,6-7,13-14,22H2,1H3,(H,26,27). The van der Waals surface area contributed by atoms with Gasteiger partial charge in [-0.25, -0.2) is 57.5 Å². The molecule has 0 aliphatic carbocycles. The molecule has 0 spiro atoms. The van der Waals surface area contributed by atoms with Crippen molar-refractivity contribution in [1.29, 1.82) is 0 Å². The van der Waals surface area contributed by atoms with Crippen molar-refractivity contribution in [3.05, 3.63) is 407 Å². The number of hydrogen-bond donors (Lipinski definition) is 9. The van der Waals surface area contributed by atoms with E-state index in [9.17, 15) is 73.3 Å². The highest BCUT2D eigenvalue weighted by molar-refractivity contribution is 5.90. The Balaban J connectivity index is 0.000000177. The Labute approximate surface area is 862 Å². The number of unbranched alkanes of at least 4 members (excludes halogenated alkanes) is 1. The fourth-order valence-electron chi connectivity index (χ4n) is 16.0. The summed E-state index contributed by atoms with van der Waals surface area (Å²) in [7, 11) is 4.45. The number of carbonyl (C=O) groups is 6. The van der Waals surface area contributed by atoms with Crippen molar-refractivity contribution in [2.24, 2.45) is 5.73 Å². The van der Waals surface area contributed by atoms with E-state index in [2.05, 4.69) is 110 Å². The molecule has 149 heavy (non-hydrogen) atoms. The van der Waals surface area contributed by atoms with E-state index in [0.717, 1.165) is 131 Å². The number of esters is 1. The van der Waals surface area contributed by atoms with E-state index in [1.807, 2.05) is 96.7 Å². The summed E-state index contributed by atoms with van der Waals surface area (Å²) in [5, 5.41) is 76.7. The number of aryl methyl sites for hydroxylation is 11. The van der Waals surface area contributed by atoms with Crippen LogP contribution in [0.2, 0.25) is 0 Å². The lowest BCUT2D eigenvalue weighted by atomic mass is 9.95. The molecule has 15 aromatic rings. The highest BCUT2D eigenvalue weighted by Gasteiger charge is 2.26. The normalized spacial score (nSPS) is 10.9. The summed E-state index contributed by atoms with van der Waals surface area (Å²) in [5.74, 6) is -0.326. The van der Waals surface area contributed by atoms with Gasteiger partial charge < -0.3 is 84.2 Å². The van der Waals surface area contributed by atoms with Gasteiger partial charge in [-0.3, -0.25) is 24.9 Å². The minimum absolute atomic E-state index is 0.0693. The van der Waals surface area contributed by atoms with Crippen molar-refractivity contribution in [3.63, 3.8) is 0 Å². The number of hydrogen-bond acceptors (Lipinski definition) is 26. The monoisotopic (exact) mass is 2030 g/mol. The lowest BCUT2D eigenvalue weighted by Gasteiger charge is -2.20. The third-order valence-corrected chi connectivity index (χ3v) is 23.3. The van der Waals surface area contributed by atoms with Crippen LogP contribution in [0.4, 0.5) is 8.78 Å². The Hall–Kier alpha value is -16.6. The van der Waals surface area contributed by atoms with Gasteiger partial charge in [0.25, 0.3) is 0 Å². The van der Waals surface area contributed by atoms with Gasteiger partial charge >= 0.3 is 35.8 Å². The maximum Gasteiger partial charge on any atom is 0.358 e. The summed E-state index contributed by atoms with van der Waals surface area (Å²) in [4.78, 5) is 108. The summed E-state index contributed by atoms with van der Waals surface area (Å²) in [5.41, 5.74) is 20.9. The van der Waals surface area contributed by atoms with Crippen LogP contribution in [-0.2, 0) is 127 Å². The van der Waals surface area contributed by atoms with Gasteiger partial charge in [0.2, 0.25) is 11.8 Å². The fraction of sp³-hybridized carbons (Fsp3) is 0.301. The molecule has 10 N–H and O–H groups in total. The van der Waals surface area contributed by atoms with Crippen molar-refractivity contribution in [2.45, 2.75) is 196 Å². The quantitative estimate of drug-likeness (QED) is 0.0126. The first kappa shape index (κ1) is 113. The number of carboxylic acid groups (broad SMARTS) is 5. The number of carbonyl (C=O) groups excluding carboxylic acids is 1. The van der Waals surface area contributed by atoms with Crippen LogP contribution in [0, 0.1) is 32.4 Å². The molecule has 10 heterocycles. The topological polar surface area (TPSA) is 485 Å². The van der Waals surface area contributed by atoms with Crippen molar-refractivity contribution < 1.29 is 97.0 Å². The molecule has 0 radical (unpaired) electrons. The number of nitrogens with one attached hydrogen (secondary N) is 1. The molecular formula is C113H124F2N16O18. The molecule has 0 aliphatic heterocycles. The van der Waals surface area contributed by atoms with E-state index in [1.165, 1.54) is 60.7 Å². The number of halogens is 2. The number of methoxy groups -OCH3 is 3. The van der Waals surface area contributed by atoms with E-state index in [0.29, 0.717) is 154 Å². The molecule has 0 amide bonds. The maximum absolute atomic E-state index is 13.3. The smallest absolute Gasteiger partial charge is 0.358 e. The molecule has 0 unspecified atom stereocenters. The van der Waals surface area contributed by atoms with Gasteiger partial charge in [-0.2, -0.15) is 0 Å². The zero-order chi connectivity index (χ0) is 107. The second kappa shape index (κ2) is 56.8. The molecule has 778 valence electrons. The number of rotatable bonds is 45. The zero-order valence-electron chi connectivity index (χ0n) is 84.7. The molecule has 5 aromatic carbocycles. The number of aliphatic hydroxyl groups excluding tert-OH is 2. The number of nitrogens with two attached hydrogens (primary N) is 1. The molecule has 0 fully saturated rings. The van der Waals surface area contributed by atoms with Gasteiger partial charge in [-0.05, 0) is 222 Å². The Morgan fingerprint density at radius 3 is 1.34 bits per heavy atom. The highest BCUT2D eigenvalue weighted by Crippen LogP contribution is 2.29. The van der Waals surface area contributed by atoms with Crippen LogP contribution in [-0.4, -0.2) is 168 Å². The van der Waals surface area contributed by atoms with Crippen molar-refractivity contribution in [2.75, 3.05) is 27.9 Å². The summed E-state index contributed by atoms with van der Waals surface area (Å²) < 4.78 is 59.7. The number of carboxylic acids is 5. The number of aromatic carboxylic acids is 5. The number of nitrogens with zero attached hydrogens (tertiary/aromatic N) is 14. The predicted octanol–water partition coefficient (Wildman–Crippen LogP) is 17.1. The first-order valence-electron chi connectivity index (χ1n) is 48.5. The first-order chi connectivity index (χ1) is 71.7. The van der Waals surface area contributed by atoms with Gasteiger partial charge in [-0.1, -0.05) is 130 Å². The lowest BCUT2D eigenvalue weighted by molar-refractivity contribution is 0.0591. The predicted molar refractivity (Wildman–Crippen MR) is 552 cm³/mol. The van der Waals surface area contributed by atoms with Gasteiger partial charge in [0.15, 0.2) is 5.69 Å². The van der Waals surface area contributed by atoms with Crippen LogP contribution in [0.3, 0.4) is 0 Å². The number of pyridine rings is 7. The van der Waals surface area contributed by atoms with Crippen LogP contribution in [0.1, 0.15) is 240 Å². The SMILES string of the molecule is COC(=O)c1cn(Cc2ccc(F)cc2)c(CCCc2cc(C(=O)O)cc(CO)n2)n1.COc1ccc(OCCc2ccccc2)c(CCCc2cc(C(=O)O)cc(C)n2)n1.COc1ccc(OCc2ccccc2)c(CCCCc2cc(C(=O)O)cc(CO)n2)n1.Cc1cc(C(=O)O)cc(CCCc2nccn2Cc2cccc(CN)c2)n1.Cc1cc(C(=O)O)cc(CNCc2nnc(C(C)(C)C)n2Cc2ccc(F)cc2)n1. The van der Waals surface area contributed by atoms with Gasteiger partial charge in [0.05, 0.1) is 111 Å². The van der Waals surface area contributed by atoms with Gasteiger partial charge in [0, 0.05) is 121 Å². The Morgan fingerprint density at radius 2 is 0.832 bits per heavy atom. The van der Waals surface area contributed by atoms with Crippen LogP contribution >= 0.6 is 0 Å². The molecule has 10 aromatic heterocycles. The van der Waals surface area contributed by atoms with Crippen LogP contribution in [0.5, 0.6) is 23.3 Å². The van der Waals surface area contributed by atoms with E-state index >= 15 is 0 Å². The number of aliphatic hydroxyl groups is 2. The molecule has 36 heteroatoms. The lowest BCUT2D eigenvalue weighted by Crippen LogP contribution is -2.23. The van der Waals surface area contributed by atoms with Crippen molar-refractivity contribution >= 4 is 35.8 Å². The summed E-state index contributed by atoms with van der Waals surface area (Å²) in [6, 6.07) is 63.5. The van der Waals surface area contributed by atoms with E-state index in [-0.39, 0.29) is 58.2 Å². The van der Waals surface area contributed by atoms with Crippen molar-refractivity contribution in [1.82, 2.24) is 74.1 Å². The zero-order valence-corrected chi connectivity index (χ0v) is 84.7. The van der Waals surface area contributed by atoms with E-state index in [4.69, 9.17) is 29.4 Å². The highest BCUT2D eigenvalue weighted by atomic mass is 19.1. The number of ether oxygens (including phenoxy) is 5. The molecule has 0 atom stereocenters. The van der Waals surface area contributed by atoms with Gasteiger partial charge in [0.1, 0.15) is 53.0 Å². The van der Waals surface area contributed by atoms with Gasteiger partial charge in [-0.15, -0.1) is 10.2 Å².